The molecule has 1 aliphatic heterocycles. The van der Waals surface area contributed by atoms with Crippen molar-refractivity contribution in [3.8, 4) is 6.07 Å². The summed E-state index contributed by atoms with van der Waals surface area (Å²) in [4.78, 5) is 29.4. The molecule has 6 nitrogen and oxygen atoms in total. The van der Waals surface area contributed by atoms with Gasteiger partial charge in [-0.05, 0) is 71.6 Å². The average Bonchev–Trinajstić information content (AvgIpc) is 2.64. The summed E-state index contributed by atoms with van der Waals surface area (Å²) in [5, 5.41) is 8.95. The van der Waals surface area contributed by atoms with Crippen molar-refractivity contribution in [3.63, 3.8) is 0 Å². The minimum Gasteiger partial charge on any atom is -0.444 e. The van der Waals surface area contributed by atoms with Crippen LogP contribution in [0.3, 0.4) is 0 Å². The monoisotopic (exact) mass is 385 g/mol. The van der Waals surface area contributed by atoms with Crippen molar-refractivity contribution in [2.45, 2.75) is 78.1 Å². The highest BCUT2D eigenvalue weighted by molar-refractivity contribution is 5.86. The first kappa shape index (κ1) is 21.7. The minimum atomic E-state index is -0.595. The van der Waals surface area contributed by atoms with Crippen molar-refractivity contribution in [3.05, 3.63) is 35.4 Å². The van der Waals surface area contributed by atoms with Gasteiger partial charge in [0.2, 0.25) is 5.91 Å². The molecular formula is C22H31N3O3. The molecule has 0 spiro atoms. The van der Waals surface area contributed by atoms with E-state index >= 15 is 0 Å². The van der Waals surface area contributed by atoms with Crippen LogP contribution in [-0.2, 0) is 16.1 Å². The van der Waals surface area contributed by atoms with E-state index in [1.54, 1.807) is 21.9 Å². The number of nitriles is 1. The maximum atomic E-state index is 13.4. The Labute approximate surface area is 168 Å². The number of hydrogen-bond acceptors (Lipinski definition) is 4. The summed E-state index contributed by atoms with van der Waals surface area (Å²) >= 11 is 0. The summed E-state index contributed by atoms with van der Waals surface area (Å²) in [7, 11) is 0. The summed E-state index contributed by atoms with van der Waals surface area (Å²) in [6.45, 7) is 10.4. The number of amides is 2. The lowest BCUT2D eigenvalue weighted by Crippen LogP contribution is -2.55. The van der Waals surface area contributed by atoms with Gasteiger partial charge in [0.1, 0.15) is 11.6 Å². The number of hydrogen-bond donors (Lipinski definition) is 0. The summed E-state index contributed by atoms with van der Waals surface area (Å²) in [6.07, 6.45) is 2.01. The lowest BCUT2D eigenvalue weighted by atomic mass is 10.00. The molecule has 0 aliphatic carbocycles. The smallest absolute Gasteiger partial charge is 0.410 e. The standard InChI is InChI=1S/C22H31N3O3/c1-16(2)25(15-18-11-9-17(14-23)10-12-18)20(26)19-8-6-7-13-24(19)21(27)28-22(3,4)5/h9-12,16,19H,6-8,13,15H2,1-5H3. The fourth-order valence-electron chi connectivity index (χ4n) is 3.32. The van der Waals surface area contributed by atoms with Gasteiger partial charge in [0, 0.05) is 19.1 Å². The molecular weight excluding hydrogens is 354 g/mol. The molecule has 0 radical (unpaired) electrons. The topological polar surface area (TPSA) is 73.6 Å². The number of carbonyl (C=O) groups excluding carboxylic acids is 2. The third-order valence-corrected chi connectivity index (χ3v) is 4.76. The number of rotatable bonds is 4. The molecule has 1 fully saturated rings. The van der Waals surface area contributed by atoms with E-state index in [2.05, 4.69) is 6.07 Å². The van der Waals surface area contributed by atoms with Crippen LogP contribution in [0.15, 0.2) is 24.3 Å². The molecule has 0 saturated carbocycles. The fourth-order valence-corrected chi connectivity index (χ4v) is 3.32. The quantitative estimate of drug-likeness (QED) is 0.783. The highest BCUT2D eigenvalue weighted by Crippen LogP contribution is 2.23. The molecule has 1 saturated heterocycles. The Balaban J connectivity index is 2.18. The Morgan fingerprint density at radius 1 is 1.25 bits per heavy atom. The Hall–Kier alpha value is -2.55. The van der Waals surface area contributed by atoms with Crippen LogP contribution in [0.25, 0.3) is 0 Å². The van der Waals surface area contributed by atoms with Crippen LogP contribution < -0.4 is 0 Å². The molecule has 1 atom stereocenters. The van der Waals surface area contributed by atoms with E-state index in [0.29, 0.717) is 25.1 Å². The Morgan fingerprint density at radius 3 is 2.43 bits per heavy atom. The number of piperidine rings is 1. The molecule has 2 rings (SSSR count). The molecule has 1 unspecified atom stereocenters. The molecule has 1 heterocycles. The molecule has 1 aliphatic rings. The second-order valence-electron chi connectivity index (χ2n) is 8.55. The molecule has 1 aromatic carbocycles. The Morgan fingerprint density at radius 2 is 1.89 bits per heavy atom. The summed E-state index contributed by atoms with van der Waals surface area (Å²) in [5.74, 6) is -0.0510. The molecule has 0 bridgehead atoms. The van der Waals surface area contributed by atoms with Crippen LogP contribution >= 0.6 is 0 Å². The molecule has 0 aromatic heterocycles. The average molecular weight is 386 g/mol. The zero-order chi connectivity index (χ0) is 20.9. The van der Waals surface area contributed by atoms with Crippen molar-refractivity contribution in [2.75, 3.05) is 6.54 Å². The van der Waals surface area contributed by atoms with Crippen LogP contribution in [-0.4, -0.2) is 46.0 Å². The van der Waals surface area contributed by atoms with E-state index in [1.165, 1.54) is 0 Å². The van der Waals surface area contributed by atoms with Crippen molar-refractivity contribution in [1.82, 2.24) is 9.80 Å². The van der Waals surface area contributed by atoms with Crippen LogP contribution in [0.1, 0.15) is 65.0 Å². The number of carbonyl (C=O) groups is 2. The molecule has 2 amide bonds. The van der Waals surface area contributed by atoms with Crippen molar-refractivity contribution >= 4 is 12.0 Å². The van der Waals surface area contributed by atoms with Crippen LogP contribution in [0.5, 0.6) is 0 Å². The molecule has 6 heteroatoms. The normalized spacial score (nSPS) is 17.2. The van der Waals surface area contributed by atoms with Gasteiger partial charge in [0.05, 0.1) is 11.6 Å². The summed E-state index contributed by atoms with van der Waals surface area (Å²) in [5.41, 5.74) is 0.956. The van der Waals surface area contributed by atoms with E-state index in [-0.39, 0.29) is 11.9 Å². The highest BCUT2D eigenvalue weighted by Gasteiger charge is 2.37. The van der Waals surface area contributed by atoms with Gasteiger partial charge in [-0.1, -0.05) is 12.1 Å². The maximum absolute atomic E-state index is 13.4. The molecule has 152 valence electrons. The highest BCUT2D eigenvalue weighted by atomic mass is 16.6. The first-order valence-corrected chi connectivity index (χ1v) is 9.91. The van der Waals surface area contributed by atoms with Gasteiger partial charge in [-0.25, -0.2) is 4.79 Å². The van der Waals surface area contributed by atoms with Crippen LogP contribution in [0.2, 0.25) is 0 Å². The zero-order valence-corrected chi connectivity index (χ0v) is 17.6. The van der Waals surface area contributed by atoms with Crippen molar-refractivity contribution < 1.29 is 14.3 Å². The predicted octanol–water partition coefficient (Wildman–Crippen LogP) is 4.08. The van der Waals surface area contributed by atoms with Gasteiger partial charge in [-0.15, -0.1) is 0 Å². The zero-order valence-electron chi connectivity index (χ0n) is 17.6. The van der Waals surface area contributed by atoms with Gasteiger partial charge >= 0.3 is 6.09 Å². The Bertz CT molecular complexity index is 729. The largest absolute Gasteiger partial charge is 0.444 e. The lowest BCUT2D eigenvalue weighted by Gasteiger charge is -2.39. The predicted molar refractivity (Wildman–Crippen MR) is 107 cm³/mol. The van der Waals surface area contributed by atoms with Gasteiger partial charge < -0.3 is 9.64 Å². The third kappa shape index (κ3) is 5.72. The number of benzene rings is 1. The minimum absolute atomic E-state index is 0.00874. The van der Waals surface area contributed by atoms with Gasteiger partial charge in [0.25, 0.3) is 0 Å². The summed E-state index contributed by atoms with van der Waals surface area (Å²) < 4.78 is 5.53. The van der Waals surface area contributed by atoms with E-state index in [1.807, 2.05) is 46.8 Å². The van der Waals surface area contributed by atoms with Crippen LogP contribution in [0, 0.1) is 11.3 Å². The number of ether oxygens (including phenoxy) is 1. The van der Waals surface area contributed by atoms with E-state index in [0.717, 1.165) is 18.4 Å². The first-order valence-electron chi connectivity index (χ1n) is 9.91. The summed E-state index contributed by atoms with van der Waals surface area (Å²) in [6, 6.07) is 8.85. The SMILES string of the molecule is CC(C)N(Cc1ccc(C#N)cc1)C(=O)C1CCCCN1C(=O)OC(C)(C)C. The number of likely N-dealkylation sites (tertiary alicyclic amines) is 1. The molecule has 0 N–H and O–H groups in total. The first-order chi connectivity index (χ1) is 13.1. The molecule has 1 aromatic rings. The lowest BCUT2D eigenvalue weighted by molar-refractivity contribution is -0.140. The number of nitrogens with zero attached hydrogens (tertiary/aromatic N) is 3. The third-order valence-electron chi connectivity index (χ3n) is 4.76. The fraction of sp³-hybridized carbons (Fsp3) is 0.591. The maximum Gasteiger partial charge on any atom is 0.410 e. The second kappa shape index (κ2) is 9.09. The van der Waals surface area contributed by atoms with Crippen molar-refractivity contribution in [1.29, 1.82) is 5.26 Å². The van der Waals surface area contributed by atoms with Gasteiger partial charge in [-0.3, -0.25) is 9.69 Å². The second-order valence-corrected chi connectivity index (χ2v) is 8.55. The van der Waals surface area contributed by atoms with Crippen LogP contribution in [0.4, 0.5) is 4.79 Å². The Kier molecular flexibility index (Phi) is 7.06. The molecule has 28 heavy (non-hydrogen) atoms. The van der Waals surface area contributed by atoms with E-state index in [4.69, 9.17) is 10.00 Å². The van der Waals surface area contributed by atoms with Gasteiger partial charge in [-0.2, -0.15) is 5.26 Å². The van der Waals surface area contributed by atoms with Crippen molar-refractivity contribution in [2.24, 2.45) is 0 Å². The van der Waals surface area contributed by atoms with E-state index in [9.17, 15) is 9.59 Å². The van der Waals surface area contributed by atoms with Gasteiger partial charge in [0.15, 0.2) is 0 Å². The van der Waals surface area contributed by atoms with E-state index < -0.39 is 17.7 Å².